The quantitative estimate of drug-likeness (QED) is 0.679. The van der Waals surface area contributed by atoms with Crippen LogP contribution in [0.2, 0.25) is 0 Å². The summed E-state index contributed by atoms with van der Waals surface area (Å²) >= 11 is 0. The van der Waals surface area contributed by atoms with Gasteiger partial charge in [-0.3, -0.25) is 0 Å². The van der Waals surface area contributed by atoms with E-state index in [1.54, 1.807) is 7.05 Å². The third-order valence-electron chi connectivity index (χ3n) is 2.22. The molecule has 0 saturated heterocycles. The van der Waals surface area contributed by atoms with E-state index in [2.05, 4.69) is 10.6 Å². The molecule has 0 spiro atoms. The molecule has 5 heteroatoms. The highest BCUT2D eigenvalue weighted by atomic mass is 16.5. The molecule has 0 aliphatic heterocycles. The number of carbonyl (C=O) groups is 1. The minimum Gasteiger partial charge on any atom is -0.491 e. The van der Waals surface area contributed by atoms with Crippen LogP contribution in [0.3, 0.4) is 0 Å². The molecule has 94 valence electrons. The van der Waals surface area contributed by atoms with Crippen LogP contribution in [0.1, 0.15) is 12.0 Å². The lowest BCUT2D eigenvalue weighted by atomic mass is 10.2. The molecule has 5 nitrogen and oxygen atoms in total. The zero-order valence-corrected chi connectivity index (χ0v) is 10.2. The van der Waals surface area contributed by atoms with Crippen LogP contribution in [-0.4, -0.2) is 26.2 Å². The molecular formula is C12H19N3O2. The van der Waals surface area contributed by atoms with Gasteiger partial charge in [0.05, 0.1) is 12.3 Å². The number of amides is 2. The smallest absolute Gasteiger partial charge is 0.319 e. The van der Waals surface area contributed by atoms with Gasteiger partial charge in [0.1, 0.15) is 5.75 Å². The van der Waals surface area contributed by atoms with Crippen LogP contribution < -0.4 is 21.1 Å². The van der Waals surface area contributed by atoms with Gasteiger partial charge in [-0.1, -0.05) is 6.07 Å². The molecule has 0 aliphatic carbocycles. The fourth-order valence-electron chi connectivity index (χ4n) is 1.30. The maximum Gasteiger partial charge on any atom is 0.319 e. The Morgan fingerprint density at radius 1 is 1.47 bits per heavy atom. The summed E-state index contributed by atoms with van der Waals surface area (Å²) in [7, 11) is 1.57. The molecule has 1 aromatic carbocycles. The number of urea groups is 1. The largest absolute Gasteiger partial charge is 0.491 e. The summed E-state index contributed by atoms with van der Waals surface area (Å²) in [5, 5.41) is 5.20. The topological polar surface area (TPSA) is 76.4 Å². The van der Waals surface area contributed by atoms with Gasteiger partial charge in [0.2, 0.25) is 0 Å². The summed E-state index contributed by atoms with van der Waals surface area (Å²) in [6.45, 7) is 3.10. The molecule has 0 aromatic heterocycles. The second-order valence-corrected chi connectivity index (χ2v) is 3.69. The Bertz CT molecular complexity index is 380. The van der Waals surface area contributed by atoms with E-state index in [0.717, 1.165) is 12.0 Å². The van der Waals surface area contributed by atoms with E-state index in [1.165, 1.54) is 0 Å². The van der Waals surface area contributed by atoms with Crippen LogP contribution in [0.15, 0.2) is 18.2 Å². The molecule has 17 heavy (non-hydrogen) atoms. The van der Waals surface area contributed by atoms with Crippen molar-refractivity contribution in [2.75, 3.05) is 25.5 Å². The Labute approximate surface area is 101 Å². The lowest BCUT2D eigenvalue weighted by molar-refractivity contribution is 0.253. The Balaban J connectivity index is 2.76. The van der Waals surface area contributed by atoms with Crippen molar-refractivity contribution in [2.24, 2.45) is 5.73 Å². The molecule has 4 N–H and O–H groups in total. The molecule has 0 aliphatic rings. The minimum atomic E-state index is -0.266. The van der Waals surface area contributed by atoms with E-state index in [1.807, 2.05) is 25.1 Å². The number of benzene rings is 1. The first-order valence-corrected chi connectivity index (χ1v) is 5.59. The lowest BCUT2D eigenvalue weighted by Gasteiger charge is -2.12. The Morgan fingerprint density at radius 2 is 2.24 bits per heavy atom. The third-order valence-corrected chi connectivity index (χ3v) is 2.22. The van der Waals surface area contributed by atoms with Crippen LogP contribution in [0.25, 0.3) is 0 Å². The zero-order chi connectivity index (χ0) is 12.7. The van der Waals surface area contributed by atoms with Crippen LogP contribution >= 0.6 is 0 Å². The first-order chi connectivity index (χ1) is 8.17. The van der Waals surface area contributed by atoms with E-state index in [9.17, 15) is 4.79 Å². The summed E-state index contributed by atoms with van der Waals surface area (Å²) in [5.74, 6) is 0.669. The van der Waals surface area contributed by atoms with Crippen molar-refractivity contribution < 1.29 is 9.53 Å². The third kappa shape index (κ3) is 4.32. The highest BCUT2D eigenvalue weighted by Gasteiger charge is 2.06. The van der Waals surface area contributed by atoms with Crippen molar-refractivity contribution >= 4 is 11.7 Å². The molecule has 0 bridgehead atoms. The first kappa shape index (κ1) is 13.3. The van der Waals surface area contributed by atoms with Gasteiger partial charge in [-0.25, -0.2) is 4.79 Å². The van der Waals surface area contributed by atoms with Gasteiger partial charge in [-0.2, -0.15) is 0 Å². The standard InChI is InChI=1S/C12H19N3O2/c1-9-4-5-10(15-12(16)14-2)11(8-9)17-7-3-6-13/h4-5,8H,3,6-7,13H2,1-2H3,(H2,14,15,16). The zero-order valence-electron chi connectivity index (χ0n) is 10.2. The molecule has 0 atom stereocenters. The summed E-state index contributed by atoms with van der Waals surface area (Å²) in [4.78, 5) is 11.3. The minimum absolute atomic E-state index is 0.266. The molecule has 1 aromatic rings. The van der Waals surface area contributed by atoms with E-state index in [-0.39, 0.29) is 6.03 Å². The fourth-order valence-corrected chi connectivity index (χ4v) is 1.30. The van der Waals surface area contributed by atoms with E-state index in [0.29, 0.717) is 24.6 Å². The van der Waals surface area contributed by atoms with E-state index in [4.69, 9.17) is 10.5 Å². The second kappa shape index (κ2) is 6.75. The van der Waals surface area contributed by atoms with Crippen molar-refractivity contribution in [3.8, 4) is 5.75 Å². The number of hydrogen-bond acceptors (Lipinski definition) is 3. The van der Waals surface area contributed by atoms with Crippen molar-refractivity contribution in [3.63, 3.8) is 0 Å². The first-order valence-electron chi connectivity index (χ1n) is 5.59. The average molecular weight is 237 g/mol. The number of nitrogens with two attached hydrogens (primary N) is 1. The van der Waals surface area contributed by atoms with Crippen molar-refractivity contribution in [3.05, 3.63) is 23.8 Å². The predicted molar refractivity (Wildman–Crippen MR) is 68.4 cm³/mol. The van der Waals surface area contributed by atoms with Crippen LogP contribution in [0.5, 0.6) is 5.75 Å². The SMILES string of the molecule is CNC(=O)Nc1ccc(C)cc1OCCCN. The van der Waals surface area contributed by atoms with E-state index < -0.39 is 0 Å². The summed E-state index contributed by atoms with van der Waals surface area (Å²) in [5.41, 5.74) is 7.14. The van der Waals surface area contributed by atoms with Crippen molar-refractivity contribution in [1.82, 2.24) is 5.32 Å². The molecule has 0 fully saturated rings. The lowest BCUT2D eigenvalue weighted by Crippen LogP contribution is -2.24. The number of anilines is 1. The van der Waals surface area contributed by atoms with Crippen LogP contribution in [-0.2, 0) is 0 Å². The van der Waals surface area contributed by atoms with Gasteiger partial charge in [0.15, 0.2) is 0 Å². The van der Waals surface area contributed by atoms with Gasteiger partial charge in [-0.15, -0.1) is 0 Å². The van der Waals surface area contributed by atoms with Gasteiger partial charge in [-0.05, 0) is 37.6 Å². The Morgan fingerprint density at radius 3 is 2.88 bits per heavy atom. The Hall–Kier alpha value is -1.75. The fraction of sp³-hybridized carbons (Fsp3) is 0.417. The normalized spacial score (nSPS) is 9.82. The van der Waals surface area contributed by atoms with Gasteiger partial charge < -0.3 is 21.1 Å². The number of carbonyl (C=O) groups excluding carboxylic acids is 1. The molecule has 0 heterocycles. The second-order valence-electron chi connectivity index (χ2n) is 3.69. The van der Waals surface area contributed by atoms with Crippen LogP contribution in [0.4, 0.5) is 10.5 Å². The maximum absolute atomic E-state index is 11.3. The van der Waals surface area contributed by atoms with Gasteiger partial charge >= 0.3 is 6.03 Å². The highest BCUT2D eigenvalue weighted by Crippen LogP contribution is 2.25. The van der Waals surface area contributed by atoms with E-state index >= 15 is 0 Å². The Kier molecular flexibility index (Phi) is 5.29. The summed E-state index contributed by atoms with van der Waals surface area (Å²) < 4.78 is 5.58. The number of hydrogen-bond donors (Lipinski definition) is 3. The van der Waals surface area contributed by atoms with Gasteiger partial charge in [0.25, 0.3) is 0 Å². The molecule has 2 amide bonds. The highest BCUT2D eigenvalue weighted by molar-refractivity contribution is 5.90. The van der Waals surface area contributed by atoms with Crippen LogP contribution in [0, 0.1) is 6.92 Å². The number of rotatable bonds is 5. The predicted octanol–water partition coefficient (Wildman–Crippen LogP) is 1.47. The van der Waals surface area contributed by atoms with Gasteiger partial charge in [0, 0.05) is 7.05 Å². The van der Waals surface area contributed by atoms with Crippen molar-refractivity contribution in [2.45, 2.75) is 13.3 Å². The molecule has 1 rings (SSSR count). The van der Waals surface area contributed by atoms with Crippen molar-refractivity contribution in [1.29, 1.82) is 0 Å². The number of aryl methyl sites for hydroxylation is 1. The average Bonchev–Trinajstić information content (AvgIpc) is 2.32. The molecule has 0 saturated carbocycles. The molecule has 0 unspecified atom stereocenters. The molecule has 0 radical (unpaired) electrons. The number of ether oxygens (including phenoxy) is 1. The monoisotopic (exact) mass is 237 g/mol. The summed E-state index contributed by atoms with van der Waals surface area (Å²) in [6, 6.07) is 5.36. The molecular weight excluding hydrogens is 218 g/mol. The summed E-state index contributed by atoms with van der Waals surface area (Å²) in [6.07, 6.45) is 0.785. The maximum atomic E-state index is 11.3. The number of nitrogens with one attached hydrogen (secondary N) is 2.